The van der Waals surface area contributed by atoms with E-state index in [1.165, 1.54) is 11.6 Å². The predicted molar refractivity (Wildman–Crippen MR) is 132 cm³/mol. The van der Waals surface area contributed by atoms with E-state index in [0.717, 1.165) is 28.4 Å². The summed E-state index contributed by atoms with van der Waals surface area (Å²) < 4.78 is 2.35. The average Bonchev–Trinajstić information content (AvgIpc) is 3.24. The van der Waals surface area contributed by atoms with Crippen molar-refractivity contribution in [3.63, 3.8) is 0 Å². The van der Waals surface area contributed by atoms with Gasteiger partial charge in [-0.1, -0.05) is 32.5 Å². The summed E-state index contributed by atoms with van der Waals surface area (Å²) in [4.78, 5) is 61.1. The number of anilines is 1. The molecule has 0 radical (unpaired) electrons. The highest BCUT2D eigenvalue weighted by Gasteiger charge is 2.25. The van der Waals surface area contributed by atoms with Gasteiger partial charge in [-0.05, 0) is 30.7 Å². The van der Waals surface area contributed by atoms with Gasteiger partial charge in [-0.2, -0.15) is 0 Å². The summed E-state index contributed by atoms with van der Waals surface area (Å²) in [7, 11) is 2.98. The van der Waals surface area contributed by atoms with Gasteiger partial charge in [0.2, 0.25) is 5.91 Å². The summed E-state index contributed by atoms with van der Waals surface area (Å²) in [6, 6.07) is 6.99. The predicted octanol–water partition coefficient (Wildman–Crippen LogP) is 2.43. The lowest BCUT2D eigenvalue weighted by Crippen LogP contribution is -2.38. The summed E-state index contributed by atoms with van der Waals surface area (Å²) in [5.74, 6) is 0.507. The van der Waals surface area contributed by atoms with Crippen LogP contribution < -0.4 is 16.1 Å². The maximum atomic E-state index is 12.9. The van der Waals surface area contributed by atoms with Crippen molar-refractivity contribution in [2.24, 2.45) is 14.1 Å². The molecule has 3 heterocycles. The van der Waals surface area contributed by atoms with E-state index in [1.54, 1.807) is 36.2 Å². The third-order valence-electron chi connectivity index (χ3n) is 5.85. The fourth-order valence-corrected chi connectivity index (χ4v) is 4.74. The van der Waals surface area contributed by atoms with Crippen molar-refractivity contribution in [3.8, 4) is 0 Å². The zero-order valence-electron chi connectivity index (χ0n) is 19.9. The van der Waals surface area contributed by atoms with Crippen LogP contribution >= 0.6 is 11.8 Å². The highest BCUT2D eigenvalue weighted by molar-refractivity contribution is 8.00. The fraction of sp³-hybridized carbons (Fsp3) is 0.417. The number of hydrogen-bond donors (Lipinski definition) is 0. The van der Waals surface area contributed by atoms with Crippen LogP contribution in [0.2, 0.25) is 0 Å². The van der Waals surface area contributed by atoms with Crippen LogP contribution in [-0.4, -0.2) is 43.1 Å². The van der Waals surface area contributed by atoms with Crippen molar-refractivity contribution >= 4 is 40.2 Å². The zero-order chi connectivity index (χ0) is 24.8. The van der Waals surface area contributed by atoms with Gasteiger partial charge in [-0.3, -0.25) is 23.5 Å². The molecule has 0 bridgehead atoms. The second kappa shape index (κ2) is 8.83. The molecule has 10 heteroatoms. The van der Waals surface area contributed by atoms with E-state index in [-0.39, 0.29) is 28.5 Å². The molecule has 3 aromatic rings. The van der Waals surface area contributed by atoms with E-state index in [4.69, 9.17) is 0 Å². The smallest absolute Gasteiger partial charge is 0.312 e. The molecule has 1 fully saturated rings. The van der Waals surface area contributed by atoms with Crippen LogP contribution in [0.3, 0.4) is 0 Å². The van der Waals surface area contributed by atoms with Crippen LogP contribution in [0.1, 0.15) is 49.8 Å². The van der Waals surface area contributed by atoms with Crippen LogP contribution in [0.15, 0.2) is 38.9 Å². The summed E-state index contributed by atoms with van der Waals surface area (Å²) in [5, 5.41) is 0.594. The fourth-order valence-electron chi connectivity index (χ4n) is 3.83. The molecule has 0 unspecified atom stereocenters. The number of amides is 1. The number of Topliss-reactive ketones (excluding diaryl/α,β-unsaturated/α-hetero) is 1. The van der Waals surface area contributed by atoms with E-state index in [1.807, 2.05) is 20.8 Å². The summed E-state index contributed by atoms with van der Waals surface area (Å²) in [5.41, 5.74) is 0.161. The Hall–Kier alpha value is -3.27. The lowest BCUT2D eigenvalue weighted by atomic mass is 9.96. The van der Waals surface area contributed by atoms with Gasteiger partial charge < -0.3 is 4.90 Å². The van der Waals surface area contributed by atoms with Gasteiger partial charge in [0.1, 0.15) is 16.2 Å². The second-order valence-corrected chi connectivity index (χ2v) is 10.4. The molecule has 4 rings (SSSR count). The third-order valence-corrected chi connectivity index (χ3v) is 6.83. The average molecular weight is 482 g/mol. The molecule has 34 heavy (non-hydrogen) atoms. The highest BCUT2D eigenvalue weighted by Crippen LogP contribution is 2.28. The Balaban J connectivity index is 1.66. The Kier molecular flexibility index (Phi) is 6.20. The number of carbonyl (C=O) groups excluding carboxylic acids is 2. The minimum atomic E-state index is -0.492. The van der Waals surface area contributed by atoms with E-state index >= 15 is 0 Å². The van der Waals surface area contributed by atoms with E-state index in [2.05, 4.69) is 9.97 Å². The topological polar surface area (TPSA) is 107 Å². The molecular formula is C24H27N5O4S. The first-order valence-corrected chi connectivity index (χ1v) is 12.0. The maximum absolute atomic E-state index is 12.9. The number of aromatic nitrogens is 4. The molecule has 1 amide bonds. The van der Waals surface area contributed by atoms with Crippen molar-refractivity contribution in [1.82, 2.24) is 19.1 Å². The summed E-state index contributed by atoms with van der Waals surface area (Å²) in [6.45, 7) is 6.52. The number of rotatable bonds is 5. The number of nitrogens with zero attached hydrogens (tertiary/aromatic N) is 5. The molecule has 0 N–H and O–H groups in total. The van der Waals surface area contributed by atoms with Crippen molar-refractivity contribution < 1.29 is 9.59 Å². The normalized spacial score (nSPS) is 14.3. The SMILES string of the molecule is Cn1c(=O)c2c(SCC(=O)c3ccc(N4CCCC4=O)cc3)nc(C(C)(C)C)nc2n(C)c1=O. The first kappa shape index (κ1) is 23.9. The molecule has 0 spiro atoms. The number of thioether (sulfide) groups is 1. The summed E-state index contributed by atoms with van der Waals surface area (Å²) in [6.07, 6.45) is 1.39. The highest BCUT2D eigenvalue weighted by atomic mass is 32.2. The Bertz CT molecular complexity index is 1420. The van der Waals surface area contributed by atoms with Crippen LogP contribution in [0, 0.1) is 0 Å². The molecule has 178 valence electrons. The van der Waals surface area contributed by atoms with Crippen LogP contribution in [0.25, 0.3) is 11.0 Å². The second-order valence-electron chi connectivity index (χ2n) is 9.41. The third kappa shape index (κ3) is 4.29. The molecule has 1 aliphatic heterocycles. The molecule has 0 aliphatic carbocycles. The summed E-state index contributed by atoms with van der Waals surface area (Å²) >= 11 is 1.16. The minimum Gasteiger partial charge on any atom is -0.312 e. The van der Waals surface area contributed by atoms with Crippen molar-refractivity contribution in [2.45, 2.75) is 44.1 Å². The molecule has 1 saturated heterocycles. The zero-order valence-corrected chi connectivity index (χ0v) is 20.7. The molecule has 0 saturated carbocycles. The number of aryl methyl sites for hydroxylation is 1. The van der Waals surface area contributed by atoms with Gasteiger partial charge >= 0.3 is 5.69 Å². The molecule has 2 aromatic heterocycles. The van der Waals surface area contributed by atoms with Gasteiger partial charge in [0.15, 0.2) is 11.4 Å². The standard InChI is InChI=1S/C24H27N5O4S/c1-24(2,3)22-25-19-18(21(32)28(5)23(33)27(19)4)20(26-22)34-13-16(30)14-8-10-15(11-9-14)29-12-6-7-17(29)31/h8-11H,6-7,12-13H2,1-5H3. The Labute approximate surface area is 200 Å². The lowest BCUT2D eigenvalue weighted by Gasteiger charge is -2.19. The molecule has 9 nitrogen and oxygen atoms in total. The number of carbonyl (C=O) groups is 2. The quantitative estimate of drug-likeness (QED) is 0.313. The van der Waals surface area contributed by atoms with Gasteiger partial charge in [0.25, 0.3) is 5.56 Å². The number of fused-ring (bicyclic) bond motifs is 1. The van der Waals surface area contributed by atoms with Gasteiger partial charge in [0, 0.05) is 43.7 Å². The lowest BCUT2D eigenvalue weighted by molar-refractivity contribution is -0.117. The van der Waals surface area contributed by atoms with E-state index in [9.17, 15) is 19.2 Å². The molecule has 0 atom stereocenters. The Morgan fingerprint density at radius 1 is 1.03 bits per heavy atom. The van der Waals surface area contributed by atoms with Crippen LogP contribution in [0.4, 0.5) is 5.69 Å². The maximum Gasteiger partial charge on any atom is 0.332 e. The van der Waals surface area contributed by atoms with Crippen molar-refractivity contribution in [2.75, 3.05) is 17.2 Å². The minimum absolute atomic E-state index is 0.0592. The van der Waals surface area contributed by atoms with E-state index in [0.29, 0.717) is 29.4 Å². The number of hydrogen-bond acceptors (Lipinski definition) is 7. The molecular weight excluding hydrogens is 454 g/mol. The molecule has 1 aliphatic rings. The number of ketones is 1. The van der Waals surface area contributed by atoms with Gasteiger partial charge in [-0.15, -0.1) is 0 Å². The number of benzene rings is 1. The van der Waals surface area contributed by atoms with Crippen molar-refractivity contribution in [1.29, 1.82) is 0 Å². The van der Waals surface area contributed by atoms with Gasteiger partial charge in [-0.25, -0.2) is 14.8 Å². The first-order chi connectivity index (χ1) is 16.0. The Morgan fingerprint density at radius 3 is 2.29 bits per heavy atom. The van der Waals surface area contributed by atoms with Crippen LogP contribution in [0.5, 0.6) is 0 Å². The van der Waals surface area contributed by atoms with Gasteiger partial charge in [0.05, 0.1) is 5.75 Å². The van der Waals surface area contributed by atoms with E-state index < -0.39 is 16.7 Å². The van der Waals surface area contributed by atoms with Crippen LogP contribution in [-0.2, 0) is 24.3 Å². The molecule has 1 aromatic carbocycles. The largest absolute Gasteiger partial charge is 0.332 e. The van der Waals surface area contributed by atoms with Crippen molar-refractivity contribution in [3.05, 3.63) is 56.5 Å². The monoisotopic (exact) mass is 481 g/mol. The Morgan fingerprint density at radius 2 is 1.71 bits per heavy atom. The first-order valence-electron chi connectivity index (χ1n) is 11.0.